The summed E-state index contributed by atoms with van der Waals surface area (Å²) in [5.41, 5.74) is 7.00. The Morgan fingerprint density at radius 2 is 2.10 bits per heavy atom. The first-order valence-electron chi connectivity index (χ1n) is 7.39. The number of carbonyl (C=O) groups excluding carboxylic acids is 1. The number of aryl methyl sites for hydroxylation is 1. The van der Waals surface area contributed by atoms with Crippen molar-refractivity contribution >= 4 is 5.91 Å². The van der Waals surface area contributed by atoms with E-state index in [0.29, 0.717) is 23.6 Å². The number of rotatable bonds is 4. The van der Waals surface area contributed by atoms with E-state index in [2.05, 4.69) is 5.32 Å². The van der Waals surface area contributed by atoms with Crippen LogP contribution in [-0.2, 0) is 0 Å². The van der Waals surface area contributed by atoms with Gasteiger partial charge in [-0.15, -0.1) is 0 Å². The molecule has 0 spiro atoms. The third-order valence-electron chi connectivity index (χ3n) is 4.22. The molecular weight excluding hydrogens is 255 g/mol. The van der Waals surface area contributed by atoms with E-state index in [4.69, 9.17) is 5.73 Å². The van der Waals surface area contributed by atoms with Crippen LogP contribution in [-0.4, -0.2) is 18.5 Å². The van der Waals surface area contributed by atoms with Gasteiger partial charge in [0.2, 0.25) is 0 Å². The Balaban J connectivity index is 2.04. The first kappa shape index (κ1) is 15.0. The first-order chi connectivity index (χ1) is 9.61. The maximum atomic E-state index is 13.1. The van der Waals surface area contributed by atoms with Gasteiger partial charge in [-0.2, -0.15) is 0 Å². The SMILES string of the molecule is Cc1cc(F)ccc1C(=O)NC(CN)C1CCCCC1. The lowest BCUT2D eigenvalue weighted by Gasteiger charge is -2.30. The van der Waals surface area contributed by atoms with Gasteiger partial charge in [0.1, 0.15) is 5.82 Å². The number of hydrogen-bond donors (Lipinski definition) is 2. The zero-order valence-corrected chi connectivity index (χ0v) is 12.0. The van der Waals surface area contributed by atoms with Crippen LogP contribution in [0.5, 0.6) is 0 Å². The summed E-state index contributed by atoms with van der Waals surface area (Å²) < 4.78 is 13.1. The van der Waals surface area contributed by atoms with Gasteiger partial charge >= 0.3 is 0 Å². The Morgan fingerprint density at radius 1 is 1.40 bits per heavy atom. The molecular formula is C16H23FN2O. The molecule has 0 heterocycles. The molecule has 20 heavy (non-hydrogen) atoms. The van der Waals surface area contributed by atoms with Gasteiger partial charge in [0, 0.05) is 18.2 Å². The van der Waals surface area contributed by atoms with Crippen molar-refractivity contribution in [1.82, 2.24) is 5.32 Å². The van der Waals surface area contributed by atoms with Crippen LogP contribution in [0.1, 0.15) is 48.0 Å². The third-order valence-corrected chi connectivity index (χ3v) is 4.22. The standard InChI is InChI=1S/C16H23FN2O/c1-11-9-13(17)7-8-14(11)16(20)19-15(10-18)12-5-3-2-4-6-12/h7-9,12,15H,2-6,10,18H2,1H3,(H,19,20). The molecule has 1 amide bonds. The first-order valence-corrected chi connectivity index (χ1v) is 7.39. The van der Waals surface area contributed by atoms with Crippen molar-refractivity contribution in [2.24, 2.45) is 11.7 Å². The molecule has 1 aliphatic carbocycles. The Kier molecular flexibility index (Phi) is 5.12. The van der Waals surface area contributed by atoms with Gasteiger partial charge in [0.25, 0.3) is 5.91 Å². The van der Waals surface area contributed by atoms with Crippen molar-refractivity contribution in [3.8, 4) is 0 Å². The second kappa shape index (κ2) is 6.84. The molecule has 0 radical (unpaired) electrons. The van der Waals surface area contributed by atoms with E-state index in [1.54, 1.807) is 6.92 Å². The van der Waals surface area contributed by atoms with E-state index >= 15 is 0 Å². The minimum absolute atomic E-state index is 0.0206. The number of hydrogen-bond acceptors (Lipinski definition) is 2. The summed E-state index contributed by atoms with van der Waals surface area (Å²) in [6.45, 7) is 2.20. The molecule has 2 rings (SSSR count). The smallest absolute Gasteiger partial charge is 0.251 e. The quantitative estimate of drug-likeness (QED) is 0.889. The van der Waals surface area contributed by atoms with Gasteiger partial charge in [-0.1, -0.05) is 19.3 Å². The highest BCUT2D eigenvalue weighted by atomic mass is 19.1. The second-order valence-corrected chi connectivity index (χ2v) is 5.67. The van der Waals surface area contributed by atoms with Crippen LogP contribution in [0.15, 0.2) is 18.2 Å². The van der Waals surface area contributed by atoms with Crippen LogP contribution in [0.3, 0.4) is 0 Å². The second-order valence-electron chi connectivity index (χ2n) is 5.67. The highest BCUT2D eigenvalue weighted by Crippen LogP contribution is 2.26. The third kappa shape index (κ3) is 3.57. The molecule has 3 nitrogen and oxygen atoms in total. The van der Waals surface area contributed by atoms with Crippen molar-refractivity contribution in [3.05, 3.63) is 35.1 Å². The molecule has 1 aromatic rings. The van der Waals surface area contributed by atoms with Gasteiger partial charge in [-0.25, -0.2) is 4.39 Å². The minimum Gasteiger partial charge on any atom is -0.348 e. The molecule has 1 fully saturated rings. The average Bonchev–Trinajstić information content (AvgIpc) is 2.45. The summed E-state index contributed by atoms with van der Waals surface area (Å²) in [7, 11) is 0. The summed E-state index contributed by atoms with van der Waals surface area (Å²) in [6.07, 6.45) is 5.97. The highest BCUT2D eigenvalue weighted by molar-refractivity contribution is 5.95. The minimum atomic E-state index is -0.318. The van der Waals surface area contributed by atoms with Gasteiger partial charge in [0.05, 0.1) is 0 Å². The summed E-state index contributed by atoms with van der Waals surface area (Å²) in [4.78, 5) is 12.3. The lowest BCUT2D eigenvalue weighted by molar-refractivity contribution is 0.0915. The van der Waals surface area contributed by atoms with Crippen LogP contribution in [0.25, 0.3) is 0 Å². The molecule has 0 saturated heterocycles. The molecule has 1 unspecified atom stereocenters. The Bertz CT molecular complexity index is 470. The van der Waals surface area contributed by atoms with Crippen LogP contribution in [0.4, 0.5) is 4.39 Å². The number of benzene rings is 1. The summed E-state index contributed by atoms with van der Waals surface area (Å²) in [6, 6.07) is 4.26. The molecule has 1 atom stereocenters. The lowest BCUT2D eigenvalue weighted by atomic mass is 9.83. The predicted molar refractivity (Wildman–Crippen MR) is 78.0 cm³/mol. The van der Waals surface area contributed by atoms with E-state index < -0.39 is 0 Å². The maximum absolute atomic E-state index is 13.1. The molecule has 1 aliphatic rings. The molecule has 1 aromatic carbocycles. The van der Waals surface area contributed by atoms with Crippen LogP contribution >= 0.6 is 0 Å². The number of amides is 1. The molecule has 0 bridgehead atoms. The topological polar surface area (TPSA) is 55.1 Å². The van der Waals surface area contributed by atoms with Gasteiger partial charge in [-0.3, -0.25) is 4.79 Å². The van der Waals surface area contributed by atoms with E-state index in [-0.39, 0.29) is 17.8 Å². The fourth-order valence-electron chi connectivity index (χ4n) is 3.03. The van der Waals surface area contributed by atoms with Crippen LogP contribution in [0, 0.1) is 18.7 Å². The molecule has 0 aliphatic heterocycles. The molecule has 3 N–H and O–H groups in total. The van der Waals surface area contributed by atoms with Gasteiger partial charge < -0.3 is 11.1 Å². The van der Waals surface area contributed by atoms with E-state index in [1.165, 1.54) is 37.5 Å². The van der Waals surface area contributed by atoms with Crippen LogP contribution < -0.4 is 11.1 Å². The summed E-state index contributed by atoms with van der Waals surface area (Å²) in [5.74, 6) is 0.00341. The van der Waals surface area contributed by atoms with E-state index in [1.807, 2.05) is 0 Å². The molecule has 1 saturated carbocycles. The Labute approximate surface area is 119 Å². The fourth-order valence-corrected chi connectivity index (χ4v) is 3.03. The van der Waals surface area contributed by atoms with Gasteiger partial charge in [0.15, 0.2) is 0 Å². The Hall–Kier alpha value is -1.42. The summed E-state index contributed by atoms with van der Waals surface area (Å²) in [5, 5.41) is 3.03. The van der Waals surface area contributed by atoms with Crippen molar-refractivity contribution < 1.29 is 9.18 Å². The predicted octanol–water partition coefficient (Wildman–Crippen LogP) is 2.77. The molecule has 110 valence electrons. The normalized spacial score (nSPS) is 17.8. The van der Waals surface area contributed by atoms with E-state index in [0.717, 1.165) is 12.8 Å². The van der Waals surface area contributed by atoms with E-state index in [9.17, 15) is 9.18 Å². The molecule has 0 aromatic heterocycles. The number of nitrogens with two attached hydrogens (primary N) is 1. The van der Waals surface area contributed by atoms with Crippen molar-refractivity contribution in [2.45, 2.75) is 45.1 Å². The molecule has 4 heteroatoms. The zero-order valence-electron chi connectivity index (χ0n) is 12.0. The Morgan fingerprint density at radius 3 is 2.70 bits per heavy atom. The monoisotopic (exact) mass is 278 g/mol. The van der Waals surface area contributed by atoms with Crippen molar-refractivity contribution in [3.63, 3.8) is 0 Å². The number of nitrogens with one attached hydrogen (secondary N) is 1. The highest BCUT2D eigenvalue weighted by Gasteiger charge is 2.24. The number of carbonyl (C=O) groups is 1. The summed E-state index contributed by atoms with van der Waals surface area (Å²) >= 11 is 0. The number of halogens is 1. The lowest BCUT2D eigenvalue weighted by Crippen LogP contribution is -2.46. The zero-order chi connectivity index (χ0) is 14.5. The van der Waals surface area contributed by atoms with Crippen molar-refractivity contribution in [1.29, 1.82) is 0 Å². The average molecular weight is 278 g/mol. The van der Waals surface area contributed by atoms with Crippen molar-refractivity contribution in [2.75, 3.05) is 6.54 Å². The fraction of sp³-hybridized carbons (Fsp3) is 0.562. The van der Waals surface area contributed by atoms with Crippen LogP contribution in [0.2, 0.25) is 0 Å². The largest absolute Gasteiger partial charge is 0.348 e. The maximum Gasteiger partial charge on any atom is 0.251 e. The van der Waals surface area contributed by atoms with Gasteiger partial charge in [-0.05, 0) is 49.4 Å².